The van der Waals surface area contributed by atoms with Crippen LogP contribution in [0.5, 0.6) is 0 Å². The van der Waals surface area contributed by atoms with E-state index in [0.717, 1.165) is 5.56 Å². The molecule has 18 heavy (non-hydrogen) atoms. The first-order valence-electron chi connectivity index (χ1n) is 5.83. The van der Waals surface area contributed by atoms with E-state index < -0.39 is 4.92 Å². The molecule has 96 valence electrons. The molecule has 1 fully saturated rings. The Bertz CT molecular complexity index is 471. The van der Waals surface area contributed by atoms with E-state index in [-0.39, 0.29) is 23.6 Å². The van der Waals surface area contributed by atoms with Crippen molar-refractivity contribution in [1.82, 2.24) is 10.6 Å². The van der Waals surface area contributed by atoms with E-state index in [4.69, 9.17) is 0 Å². The minimum absolute atomic E-state index is 0.00671. The Morgan fingerprint density at radius 3 is 2.83 bits per heavy atom. The largest absolute Gasteiger partial charge is 0.349 e. The van der Waals surface area contributed by atoms with Crippen molar-refractivity contribution in [3.05, 3.63) is 39.9 Å². The molecule has 0 saturated carbocycles. The van der Waals surface area contributed by atoms with E-state index in [1.807, 2.05) is 6.92 Å². The molecule has 2 rings (SSSR count). The molecular formula is C12H15N3O3. The third kappa shape index (κ3) is 2.65. The maximum Gasteiger partial charge on any atom is 0.269 e. The lowest BCUT2D eigenvalue weighted by Crippen LogP contribution is -2.51. The zero-order valence-corrected chi connectivity index (χ0v) is 10.1. The van der Waals surface area contributed by atoms with E-state index in [1.165, 1.54) is 12.1 Å². The van der Waals surface area contributed by atoms with Crippen molar-refractivity contribution in [1.29, 1.82) is 0 Å². The van der Waals surface area contributed by atoms with Gasteiger partial charge in [0, 0.05) is 25.2 Å². The fraction of sp³-hybridized carbons (Fsp3) is 0.417. The summed E-state index contributed by atoms with van der Waals surface area (Å²) in [7, 11) is 0. The van der Waals surface area contributed by atoms with Crippen LogP contribution in [0.2, 0.25) is 0 Å². The van der Waals surface area contributed by atoms with Gasteiger partial charge in [0.1, 0.15) is 0 Å². The highest BCUT2D eigenvalue weighted by atomic mass is 16.6. The molecule has 1 aromatic carbocycles. The Labute approximate surface area is 105 Å². The van der Waals surface area contributed by atoms with Crippen LogP contribution in [0.15, 0.2) is 24.3 Å². The molecule has 1 aliphatic heterocycles. The molecule has 1 aromatic rings. The number of non-ortho nitro benzene ring substituents is 1. The van der Waals surface area contributed by atoms with E-state index in [0.29, 0.717) is 13.1 Å². The molecule has 0 aliphatic carbocycles. The van der Waals surface area contributed by atoms with Crippen molar-refractivity contribution in [2.75, 3.05) is 13.1 Å². The molecule has 6 heteroatoms. The van der Waals surface area contributed by atoms with Gasteiger partial charge >= 0.3 is 0 Å². The average molecular weight is 249 g/mol. The molecule has 1 saturated heterocycles. The van der Waals surface area contributed by atoms with Gasteiger partial charge in [0.15, 0.2) is 0 Å². The lowest BCUT2D eigenvalue weighted by atomic mass is 10.0. The van der Waals surface area contributed by atoms with Gasteiger partial charge in [-0.05, 0) is 12.5 Å². The number of benzene rings is 1. The molecule has 1 amide bonds. The number of hydrogen-bond donors (Lipinski definition) is 2. The van der Waals surface area contributed by atoms with Crippen LogP contribution in [-0.2, 0) is 4.79 Å². The molecule has 0 radical (unpaired) electrons. The van der Waals surface area contributed by atoms with Gasteiger partial charge in [0.25, 0.3) is 5.69 Å². The Hall–Kier alpha value is -1.95. The number of carbonyl (C=O) groups is 1. The Balaban J connectivity index is 2.03. The normalized spacial score (nSPS) is 16.7. The third-order valence-electron chi connectivity index (χ3n) is 3.09. The van der Waals surface area contributed by atoms with E-state index in [1.54, 1.807) is 12.1 Å². The van der Waals surface area contributed by atoms with Crippen molar-refractivity contribution in [2.24, 2.45) is 5.92 Å². The summed E-state index contributed by atoms with van der Waals surface area (Å²) in [5, 5.41) is 16.6. The predicted octanol–water partition coefficient (Wildman–Crippen LogP) is 0.991. The van der Waals surface area contributed by atoms with Crippen LogP contribution in [0.1, 0.15) is 18.5 Å². The van der Waals surface area contributed by atoms with Crippen molar-refractivity contribution in [3.8, 4) is 0 Å². The minimum Gasteiger partial charge on any atom is -0.349 e. The second-order valence-electron chi connectivity index (χ2n) is 4.44. The van der Waals surface area contributed by atoms with Crippen LogP contribution >= 0.6 is 0 Å². The van der Waals surface area contributed by atoms with E-state index in [9.17, 15) is 14.9 Å². The van der Waals surface area contributed by atoms with E-state index in [2.05, 4.69) is 10.6 Å². The SMILES string of the molecule is CC(NC(=O)C1CNC1)c1cccc([N+](=O)[O-])c1. The first-order chi connectivity index (χ1) is 8.58. The molecule has 0 spiro atoms. The smallest absolute Gasteiger partial charge is 0.269 e. The number of rotatable bonds is 4. The maximum absolute atomic E-state index is 11.7. The quantitative estimate of drug-likeness (QED) is 0.615. The van der Waals surface area contributed by atoms with Crippen molar-refractivity contribution < 1.29 is 9.72 Å². The first kappa shape index (κ1) is 12.5. The summed E-state index contributed by atoms with van der Waals surface area (Å²) >= 11 is 0. The van der Waals surface area contributed by atoms with Crippen LogP contribution in [0.25, 0.3) is 0 Å². The lowest BCUT2D eigenvalue weighted by molar-refractivity contribution is -0.384. The summed E-state index contributed by atoms with van der Waals surface area (Å²) < 4.78 is 0. The van der Waals surface area contributed by atoms with Crippen LogP contribution in [-0.4, -0.2) is 23.9 Å². The summed E-state index contributed by atoms with van der Waals surface area (Å²) in [4.78, 5) is 22.0. The number of amides is 1. The lowest BCUT2D eigenvalue weighted by Gasteiger charge is -2.27. The Kier molecular flexibility index (Phi) is 3.57. The second-order valence-corrected chi connectivity index (χ2v) is 4.44. The third-order valence-corrected chi connectivity index (χ3v) is 3.09. The summed E-state index contributed by atoms with van der Waals surface area (Å²) in [6.07, 6.45) is 0. The van der Waals surface area contributed by atoms with Gasteiger partial charge in [0.2, 0.25) is 5.91 Å². The Morgan fingerprint density at radius 2 is 2.28 bits per heavy atom. The second kappa shape index (κ2) is 5.14. The number of nitro groups is 1. The van der Waals surface area contributed by atoms with Gasteiger partial charge in [-0.2, -0.15) is 0 Å². The molecule has 1 heterocycles. The van der Waals surface area contributed by atoms with Crippen molar-refractivity contribution >= 4 is 11.6 Å². The molecule has 1 aliphatic rings. The molecule has 6 nitrogen and oxygen atoms in total. The van der Waals surface area contributed by atoms with Crippen LogP contribution in [0.3, 0.4) is 0 Å². The van der Waals surface area contributed by atoms with E-state index >= 15 is 0 Å². The number of carbonyl (C=O) groups excluding carboxylic acids is 1. The van der Waals surface area contributed by atoms with Gasteiger partial charge in [0.05, 0.1) is 16.9 Å². The van der Waals surface area contributed by atoms with Crippen LogP contribution < -0.4 is 10.6 Å². The fourth-order valence-electron chi connectivity index (χ4n) is 1.80. The molecule has 0 bridgehead atoms. The topological polar surface area (TPSA) is 84.3 Å². The highest BCUT2D eigenvalue weighted by Crippen LogP contribution is 2.19. The summed E-state index contributed by atoms with van der Waals surface area (Å²) in [6, 6.07) is 6.11. The summed E-state index contributed by atoms with van der Waals surface area (Å²) in [5.41, 5.74) is 0.781. The number of hydrogen-bond acceptors (Lipinski definition) is 4. The molecule has 0 aromatic heterocycles. The summed E-state index contributed by atoms with van der Waals surface area (Å²) in [5.74, 6) is 0.0129. The van der Waals surface area contributed by atoms with Gasteiger partial charge in [-0.25, -0.2) is 0 Å². The zero-order chi connectivity index (χ0) is 13.1. The van der Waals surface area contributed by atoms with Gasteiger partial charge in [-0.1, -0.05) is 12.1 Å². The molecule has 1 unspecified atom stereocenters. The number of nitro benzene ring substituents is 1. The minimum atomic E-state index is -0.437. The highest BCUT2D eigenvalue weighted by molar-refractivity contribution is 5.80. The van der Waals surface area contributed by atoms with Crippen molar-refractivity contribution in [3.63, 3.8) is 0 Å². The van der Waals surface area contributed by atoms with Crippen molar-refractivity contribution in [2.45, 2.75) is 13.0 Å². The van der Waals surface area contributed by atoms with Gasteiger partial charge < -0.3 is 10.6 Å². The zero-order valence-electron chi connectivity index (χ0n) is 10.1. The van der Waals surface area contributed by atoms with Gasteiger partial charge in [-0.15, -0.1) is 0 Å². The Morgan fingerprint density at radius 1 is 1.56 bits per heavy atom. The fourth-order valence-corrected chi connectivity index (χ4v) is 1.80. The molecule has 2 N–H and O–H groups in total. The highest BCUT2D eigenvalue weighted by Gasteiger charge is 2.26. The predicted molar refractivity (Wildman–Crippen MR) is 66.0 cm³/mol. The maximum atomic E-state index is 11.7. The number of nitrogens with one attached hydrogen (secondary N) is 2. The average Bonchev–Trinajstić information content (AvgIpc) is 2.26. The van der Waals surface area contributed by atoms with Crippen LogP contribution in [0, 0.1) is 16.0 Å². The molecular weight excluding hydrogens is 234 g/mol. The monoisotopic (exact) mass is 249 g/mol. The molecule has 1 atom stereocenters. The standard InChI is InChI=1S/C12H15N3O3/c1-8(14-12(16)10-6-13-7-10)9-3-2-4-11(5-9)15(17)18/h2-5,8,10,13H,6-7H2,1H3,(H,14,16). The van der Waals surface area contributed by atoms with Gasteiger partial charge in [-0.3, -0.25) is 14.9 Å². The van der Waals surface area contributed by atoms with Crippen LogP contribution in [0.4, 0.5) is 5.69 Å². The first-order valence-corrected chi connectivity index (χ1v) is 5.83. The summed E-state index contributed by atoms with van der Waals surface area (Å²) in [6.45, 7) is 3.23. The number of nitrogens with zero attached hydrogens (tertiary/aromatic N) is 1.